The molecule has 2 fully saturated rings. The van der Waals surface area contributed by atoms with Crippen LogP contribution in [-0.2, 0) is 9.59 Å². The zero-order valence-corrected chi connectivity index (χ0v) is 17.4. The van der Waals surface area contributed by atoms with Crippen molar-refractivity contribution in [1.82, 2.24) is 9.80 Å². The molecule has 1 aliphatic carbocycles. The Bertz CT molecular complexity index is 951. The van der Waals surface area contributed by atoms with Gasteiger partial charge in [0.05, 0.1) is 12.2 Å². The van der Waals surface area contributed by atoms with Gasteiger partial charge in [-0.1, -0.05) is 41.9 Å². The molecule has 30 heavy (non-hydrogen) atoms. The summed E-state index contributed by atoms with van der Waals surface area (Å²) in [5.74, 6) is 0.0941. The van der Waals surface area contributed by atoms with Crippen LogP contribution in [0.25, 0.3) is 0 Å². The SMILES string of the molecule is O=C(CN1CCN(C(=O)C2CC2)CC1)Nc1ccc(Cl)cc1C(=O)c1ccccc1. The van der Waals surface area contributed by atoms with Gasteiger partial charge < -0.3 is 10.2 Å². The molecule has 0 spiro atoms. The molecule has 1 saturated heterocycles. The van der Waals surface area contributed by atoms with Gasteiger partial charge in [-0.05, 0) is 31.0 Å². The summed E-state index contributed by atoms with van der Waals surface area (Å²) in [6.07, 6.45) is 2.01. The third-order valence-corrected chi connectivity index (χ3v) is 5.75. The maximum Gasteiger partial charge on any atom is 0.238 e. The number of hydrogen-bond acceptors (Lipinski definition) is 4. The Hall–Kier alpha value is -2.70. The summed E-state index contributed by atoms with van der Waals surface area (Å²) in [6.45, 7) is 2.86. The third kappa shape index (κ3) is 4.89. The van der Waals surface area contributed by atoms with Crippen LogP contribution in [-0.4, -0.2) is 60.1 Å². The first-order valence-corrected chi connectivity index (χ1v) is 10.6. The van der Waals surface area contributed by atoms with Gasteiger partial charge >= 0.3 is 0 Å². The first-order chi connectivity index (χ1) is 14.5. The number of amides is 2. The Morgan fingerprint density at radius 3 is 2.33 bits per heavy atom. The second-order valence-electron chi connectivity index (χ2n) is 7.81. The van der Waals surface area contributed by atoms with E-state index in [0.29, 0.717) is 48.0 Å². The summed E-state index contributed by atoms with van der Waals surface area (Å²) in [5.41, 5.74) is 1.34. The Morgan fingerprint density at radius 2 is 1.67 bits per heavy atom. The van der Waals surface area contributed by atoms with Gasteiger partial charge in [-0.25, -0.2) is 0 Å². The van der Waals surface area contributed by atoms with Gasteiger partial charge in [-0.3, -0.25) is 19.3 Å². The summed E-state index contributed by atoms with van der Waals surface area (Å²) >= 11 is 6.10. The highest BCUT2D eigenvalue weighted by molar-refractivity contribution is 6.31. The van der Waals surface area contributed by atoms with Gasteiger partial charge in [0.1, 0.15) is 0 Å². The molecule has 6 nitrogen and oxygen atoms in total. The molecule has 156 valence electrons. The Labute approximate surface area is 180 Å². The van der Waals surface area contributed by atoms with Gasteiger partial charge in [-0.15, -0.1) is 0 Å². The molecule has 0 atom stereocenters. The van der Waals surface area contributed by atoms with Crippen molar-refractivity contribution < 1.29 is 14.4 Å². The maximum atomic E-state index is 12.9. The van der Waals surface area contributed by atoms with Crippen molar-refractivity contribution >= 4 is 34.9 Å². The lowest BCUT2D eigenvalue weighted by molar-refractivity contribution is -0.134. The number of carbonyl (C=O) groups excluding carboxylic acids is 3. The van der Waals surface area contributed by atoms with Crippen molar-refractivity contribution in [3.8, 4) is 0 Å². The molecule has 0 unspecified atom stereocenters. The van der Waals surface area contributed by atoms with Crippen molar-refractivity contribution in [1.29, 1.82) is 0 Å². The molecule has 0 bridgehead atoms. The third-order valence-electron chi connectivity index (χ3n) is 5.51. The molecule has 0 aromatic heterocycles. The lowest BCUT2D eigenvalue weighted by atomic mass is 10.0. The van der Waals surface area contributed by atoms with E-state index in [1.54, 1.807) is 42.5 Å². The highest BCUT2D eigenvalue weighted by Gasteiger charge is 2.34. The lowest BCUT2D eigenvalue weighted by Crippen LogP contribution is -2.50. The minimum Gasteiger partial charge on any atom is -0.340 e. The molecule has 1 aliphatic heterocycles. The summed E-state index contributed by atoms with van der Waals surface area (Å²) < 4.78 is 0. The highest BCUT2D eigenvalue weighted by atomic mass is 35.5. The molecule has 7 heteroatoms. The van der Waals surface area contributed by atoms with E-state index in [9.17, 15) is 14.4 Å². The van der Waals surface area contributed by atoms with E-state index in [-0.39, 0.29) is 30.1 Å². The molecule has 0 radical (unpaired) electrons. The summed E-state index contributed by atoms with van der Waals surface area (Å²) in [6, 6.07) is 13.8. The van der Waals surface area contributed by atoms with Crippen LogP contribution >= 0.6 is 11.6 Å². The van der Waals surface area contributed by atoms with Crippen molar-refractivity contribution in [2.75, 3.05) is 38.0 Å². The maximum absolute atomic E-state index is 12.9. The van der Waals surface area contributed by atoms with Crippen molar-refractivity contribution in [2.24, 2.45) is 5.92 Å². The fourth-order valence-corrected chi connectivity index (χ4v) is 3.84. The van der Waals surface area contributed by atoms with E-state index >= 15 is 0 Å². The fraction of sp³-hybridized carbons (Fsp3) is 0.348. The smallest absolute Gasteiger partial charge is 0.238 e. The number of anilines is 1. The topological polar surface area (TPSA) is 69.7 Å². The summed E-state index contributed by atoms with van der Waals surface area (Å²) in [5, 5.41) is 3.29. The van der Waals surface area contributed by atoms with Gasteiger partial charge in [0.25, 0.3) is 0 Å². The molecule has 1 heterocycles. The number of nitrogens with one attached hydrogen (secondary N) is 1. The predicted molar refractivity (Wildman–Crippen MR) is 116 cm³/mol. The van der Waals surface area contributed by atoms with Crippen LogP contribution in [0, 0.1) is 5.92 Å². The highest BCUT2D eigenvalue weighted by Crippen LogP contribution is 2.31. The molecule has 1 saturated carbocycles. The fourth-order valence-electron chi connectivity index (χ4n) is 3.67. The number of hydrogen-bond donors (Lipinski definition) is 1. The van der Waals surface area contributed by atoms with Crippen LogP contribution in [0.5, 0.6) is 0 Å². The number of halogens is 1. The van der Waals surface area contributed by atoms with Crippen LogP contribution in [0.15, 0.2) is 48.5 Å². The molecule has 2 aromatic rings. The van der Waals surface area contributed by atoms with E-state index in [0.717, 1.165) is 12.8 Å². The lowest BCUT2D eigenvalue weighted by Gasteiger charge is -2.34. The Balaban J connectivity index is 1.38. The number of ketones is 1. The number of rotatable bonds is 6. The molecular formula is C23H24ClN3O3. The molecular weight excluding hydrogens is 402 g/mol. The molecule has 4 rings (SSSR count). The van der Waals surface area contributed by atoms with E-state index < -0.39 is 0 Å². The van der Waals surface area contributed by atoms with Crippen LogP contribution in [0.2, 0.25) is 5.02 Å². The number of nitrogens with zero attached hydrogens (tertiary/aromatic N) is 2. The normalized spacial score (nSPS) is 16.9. The zero-order valence-electron chi connectivity index (χ0n) is 16.6. The molecule has 1 N–H and O–H groups in total. The largest absolute Gasteiger partial charge is 0.340 e. The van der Waals surface area contributed by atoms with Crippen LogP contribution in [0.1, 0.15) is 28.8 Å². The van der Waals surface area contributed by atoms with Crippen molar-refractivity contribution in [3.05, 3.63) is 64.7 Å². The first kappa shape index (κ1) is 20.6. The monoisotopic (exact) mass is 425 g/mol. The number of piperazine rings is 1. The average molecular weight is 426 g/mol. The summed E-state index contributed by atoms with van der Waals surface area (Å²) in [7, 11) is 0. The summed E-state index contributed by atoms with van der Waals surface area (Å²) in [4.78, 5) is 41.6. The first-order valence-electron chi connectivity index (χ1n) is 10.2. The molecule has 2 aliphatic rings. The predicted octanol–water partition coefficient (Wildman–Crippen LogP) is 3.06. The second-order valence-corrected chi connectivity index (χ2v) is 8.25. The average Bonchev–Trinajstić information content (AvgIpc) is 3.60. The van der Waals surface area contributed by atoms with E-state index in [1.807, 2.05) is 15.9 Å². The van der Waals surface area contributed by atoms with E-state index in [2.05, 4.69) is 5.32 Å². The second kappa shape index (κ2) is 8.98. The van der Waals surface area contributed by atoms with Crippen LogP contribution < -0.4 is 5.32 Å². The molecule has 2 aromatic carbocycles. The van der Waals surface area contributed by atoms with Crippen molar-refractivity contribution in [3.63, 3.8) is 0 Å². The van der Waals surface area contributed by atoms with E-state index in [1.165, 1.54) is 0 Å². The van der Waals surface area contributed by atoms with Gasteiger partial charge in [0.15, 0.2) is 5.78 Å². The van der Waals surface area contributed by atoms with Crippen LogP contribution in [0.3, 0.4) is 0 Å². The van der Waals surface area contributed by atoms with Crippen LogP contribution in [0.4, 0.5) is 5.69 Å². The zero-order chi connectivity index (χ0) is 21.1. The minimum atomic E-state index is -0.194. The minimum absolute atomic E-state index is 0.193. The Kier molecular flexibility index (Phi) is 6.16. The number of benzene rings is 2. The van der Waals surface area contributed by atoms with E-state index in [4.69, 9.17) is 11.6 Å². The van der Waals surface area contributed by atoms with Gasteiger partial charge in [-0.2, -0.15) is 0 Å². The van der Waals surface area contributed by atoms with Gasteiger partial charge in [0, 0.05) is 48.2 Å². The number of carbonyl (C=O) groups is 3. The van der Waals surface area contributed by atoms with Crippen molar-refractivity contribution in [2.45, 2.75) is 12.8 Å². The standard InChI is InChI=1S/C23H24ClN3O3/c24-18-8-9-20(19(14-18)22(29)16-4-2-1-3-5-16)25-21(28)15-26-10-12-27(13-11-26)23(30)17-6-7-17/h1-5,8-9,14,17H,6-7,10-13,15H2,(H,25,28). The Morgan fingerprint density at radius 1 is 0.967 bits per heavy atom. The van der Waals surface area contributed by atoms with Gasteiger partial charge in [0.2, 0.25) is 11.8 Å². The quantitative estimate of drug-likeness (QED) is 0.722. The molecule has 2 amide bonds.